The highest BCUT2D eigenvalue weighted by Crippen LogP contribution is 2.40. The van der Waals surface area contributed by atoms with Crippen LogP contribution in [-0.4, -0.2) is 46.7 Å². The van der Waals surface area contributed by atoms with Gasteiger partial charge in [-0.25, -0.2) is 0 Å². The van der Waals surface area contributed by atoms with E-state index in [9.17, 15) is 14.4 Å². The molecule has 1 fully saturated rings. The molecule has 1 amide bonds. The fourth-order valence-corrected chi connectivity index (χ4v) is 5.36. The highest BCUT2D eigenvalue weighted by molar-refractivity contribution is 8.00. The van der Waals surface area contributed by atoms with Crippen LogP contribution >= 0.6 is 11.8 Å². The first kappa shape index (κ1) is 20.0. The van der Waals surface area contributed by atoms with Crippen LogP contribution in [0.1, 0.15) is 35.3 Å². The largest absolute Gasteiger partial charge is 0.497 e. The lowest BCUT2D eigenvalue weighted by Gasteiger charge is -2.25. The maximum absolute atomic E-state index is 13.0. The molecule has 3 N–H and O–H groups in total. The van der Waals surface area contributed by atoms with Crippen LogP contribution in [0.3, 0.4) is 0 Å². The highest BCUT2D eigenvalue weighted by atomic mass is 32.2. The van der Waals surface area contributed by atoms with Crippen molar-refractivity contribution in [2.45, 2.75) is 24.1 Å². The number of nitrogens with zero attached hydrogens (tertiary/aromatic N) is 1. The van der Waals surface area contributed by atoms with E-state index < -0.39 is 5.25 Å². The van der Waals surface area contributed by atoms with Gasteiger partial charge in [-0.15, -0.1) is 11.8 Å². The first-order chi connectivity index (χ1) is 15.0. The maximum atomic E-state index is 13.0. The number of thioether (sulfide) groups is 1. The predicted molar refractivity (Wildman–Crippen MR) is 118 cm³/mol. The van der Waals surface area contributed by atoms with Crippen LogP contribution in [0.4, 0.5) is 5.82 Å². The van der Waals surface area contributed by atoms with E-state index in [0.29, 0.717) is 41.4 Å². The Morgan fingerprint density at radius 1 is 1.13 bits per heavy atom. The molecule has 0 bridgehead atoms. The van der Waals surface area contributed by atoms with Crippen LogP contribution in [0.15, 0.2) is 33.9 Å². The van der Waals surface area contributed by atoms with Gasteiger partial charge in [0.1, 0.15) is 11.6 Å². The highest BCUT2D eigenvalue weighted by Gasteiger charge is 2.34. The number of benzene rings is 1. The number of anilines is 1. The molecule has 5 rings (SSSR count). The standard InChI is InChI=1S/C21H22N4O5S/c1-29-13-3-2-11-8-14(20(27)22-15(11)9-13)18-17-19(23-16(26)10-31-18)25(24-21(17)28)12-4-6-30-7-5-12/h2-3,8-9,12,18H,4-7,10H2,1H3,(H,22,27)(H,23,26)(H,24,28). The fourth-order valence-electron chi connectivity index (χ4n) is 4.23. The Labute approximate surface area is 181 Å². The Morgan fingerprint density at radius 2 is 1.94 bits per heavy atom. The lowest BCUT2D eigenvalue weighted by atomic mass is 10.0. The fraction of sp³-hybridized carbons (Fsp3) is 0.381. The summed E-state index contributed by atoms with van der Waals surface area (Å²) < 4.78 is 12.4. The van der Waals surface area contributed by atoms with E-state index in [2.05, 4.69) is 15.4 Å². The third kappa shape index (κ3) is 3.55. The van der Waals surface area contributed by atoms with Gasteiger partial charge in [-0.3, -0.25) is 24.2 Å². The van der Waals surface area contributed by atoms with Crippen molar-refractivity contribution in [1.82, 2.24) is 14.8 Å². The lowest BCUT2D eigenvalue weighted by molar-refractivity contribution is -0.113. The monoisotopic (exact) mass is 442 g/mol. The second kappa shape index (κ2) is 7.93. The zero-order valence-electron chi connectivity index (χ0n) is 16.9. The van der Waals surface area contributed by atoms with Crippen molar-refractivity contribution in [3.05, 3.63) is 56.1 Å². The number of rotatable bonds is 3. The minimum absolute atomic E-state index is 0.0246. The van der Waals surface area contributed by atoms with Gasteiger partial charge in [-0.05, 0) is 36.4 Å². The summed E-state index contributed by atoms with van der Waals surface area (Å²) in [4.78, 5) is 41.4. The Balaban J connectivity index is 1.65. The molecule has 0 saturated carbocycles. The Kier molecular flexibility index (Phi) is 5.11. The maximum Gasteiger partial charge on any atom is 0.270 e. The Hall–Kier alpha value is -2.98. The predicted octanol–water partition coefficient (Wildman–Crippen LogP) is 2.15. The lowest BCUT2D eigenvalue weighted by Crippen LogP contribution is -2.24. The van der Waals surface area contributed by atoms with Gasteiger partial charge in [-0.2, -0.15) is 0 Å². The van der Waals surface area contributed by atoms with Crippen molar-refractivity contribution < 1.29 is 14.3 Å². The number of pyridine rings is 1. The van der Waals surface area contributed by atoms with Gasteiger partial charge in [0.15, 0.2) is 0 Å². The summed E-state index contributed by atoms with van der Waals surface area (Å²) >= 11 is 1.28. The molecule has 1 atom stereocenters. The molecular formula is C21H22N4O5S. The average Bonchev–Trinajstić information content (AvgIpc) is 2.99. The summed E-state index contributed by atoms with van der Waals surface area (Å²) in [5.41, 5.74) is 0.901. The summed E-state index contributed by atoms with van der Waals surface area (Å²) in [6.45, 7) is 1.19. The van der Waals surface area contributed by atoms with E-state index in [1.807, 2.05) is 12.1 Å². The molecule has 1 aromatic carbocycles. The minimum atomic E-state index is -0.575. The summed E-state index contributed by atoms with van der Waals surface area (Å²) in [5.74, 6) is 1.04. The normalized spacial score (nSPS) is 19.6. The minimum Gasteiger partial charge on any atom is -0.497 e. The van der Waals surface area contributed by atoms with E-state index in [4.69, 9.17) is 9.47 Å². The molecule has 2 aromatic heterocycles. The number of H-pyrrole nitrogens is 2. The van der Waals surface area contributed by atoms with Gasteiger partial charge in [-0.1, -0.05) is 0 Å². The zero-order valence-corrected chi connectivity index (χ0v) is 17.7. The SMILES string of the molecule is COc1ccc2cc(C3SCC(=O)Nc4c3c(=O)[nH]n4C3CCOCC3)c(=O)[nH]c2c1. The molecule has 1 unspecified atom stereocenters. The van der Waals surface area contributed by atoms with Crippen LogP contribution in [-0.2, 0) is 9.53 Å². The van der Waals surface area contributed by atoms with Crippen LogP contribution in [0.5, 0.6) is 5.75 Å². The number of aromatic nitrogens is 3. The topological polar surface area (TPSA) is 118 Å². The molecule has 2 aliphatic heterocycles. The summed E-state index contributed by atoms with van der Waals surface area (Å²) in [6.07, 6.45) is 1.48. The van der Waals surface area contributed by atoms with Crippen LogP contribution in [0.2, 0.25) is 0 Å². The van der Waals surface area contributed by atoms with E-state index in [-0.39, 0.29) is 28.8 Å². The second-order valence-corrected chi connectivity index (χ2v) is 8.76. The van der Waals surface area contributed by atoms with Crippen molar-refractivity contribution in [2.75, 3.05) is 31.4 Å². The molecule has 1 saturated heterocycles. The number of ether oxygens (including phenoxy) is 2. The second-order valence-electron chi connectivity index (χ2n) is 7.66. The van der Waals surface area contributed by atoms with E-state index in [0.717, 1.165) is 18.2 Å². The van der Waals surface area contributed by atoms with Crippen molar-refractivity contribution >= 4 is 34.4 Å². The molecule has 9 nitrogen and oxygen atoms in total. The number of amides is 1. The number of hydrogen-bond acceptors (Lipinski definition) is 6. The van der Waals surface area contributed by atoms with Crippen LogP contribution in [0, 0.1) is 0 Å². The number of methoxy groups -OCH3 is 1. The number of hydrogen-bond donors (Lipinski definition) is 3. The first-order valence-corrected chi connectivity index (χ1v) is 11.1. The average molecular weight is 442 g/mol. The van der Waals surface area contributed by atoms with Gasteiger partial charge >= 0.3 is 0 Å². The van der Waals surface area contributed by atoms with Crippen molar-refractivity contribution in [1.29, 1.82) is 0 Å². The molecule has 10 heteroatoms. The zero-order chi connectivity index (χ0) is 21.5. The Bertz CT molecular complexity index is 1270. The molecule has 2 aliphatic rings. The number of aromatic amines is 2. The van der Waals surface area contributed by atoms with Gasteiger partial charge < -0.3 is 19.8 Å². The molecule has 3 aromatic rings. The molecule has 4 heterocycles. The van der Waals surface area contributed by atoms with Crippen molar-refractivity contribution in [2.24, 2.45) is 0 Å². The number of carbonyl (C=O) groups is 1. The van der Waals surface area contributed by atoms with Gasteiger partial charge in [0.05, 0.1) is 35.2 Å². The van der Waals surface area contributed by atoms with Gasteiger partial charge in [0.2, 0.25) is 5.91 Å². The molecular weight excluding hydrogens is 420 g/mol. The van der Waals surface area contributed by atoms with E-state index in [1.165, 1.54) is 11.8 Å². The van der Waals surface area contributed by atoms with Gasteiger partial charge in [0, 0.05) is 24.8 Å². The van der Waals surface area contributed by atoms with Crippen molar-refractivity contribution in [3.8, 4) is 5.75 Å². The first-order valence-electron chi connectivity index (χ1n) is 10.1. The molecule has 0 aliphatic carbocycles. The van der Waals surface area contributed by atoms with Crippen LogP contribution < -0.4 is 21.2 Å². The molecule has 0 spiro atoms. The van der Waals surface area contributed by atoms with E-state index in [1.54, 1.807) is 23.9 Å². The summed E-state index contributed by atoms with van der Waals surface area (Å²) in [7, 11) is 1.57. The Morgan fingerprint density at radius 3 is 2.71 bits per heavy atom. The van der Waals surface area contributed by atoms with Crippen LogP contribution in [0.25, 0.3) is 10.9 Å². The number of nitrogens with one attached hydrogen (secondary N) is 3. The number of carbonyl (C=O) groups excluding carboxylic acids is 1. The quantitative estimate of drug-likeness (QED) is 0.572. The van der Waals surface area contributed by atoms with E-state index >= 15 is 0 Å². The van der Waals surface area contributed by atoms with Gasteiger partial charge in [0.25, 0.3) is 11.1 Å². The summed E-state index contributed by atoms with van der Waals surface area (Å²) in [5, 5.41) is 6.02. The third-order valence-corrected chi connectivity index (χ3v) is 7.04. The molecule has 0 radical (unpaired) electrons. The number of fused-ring (bicyclic) bond motifs is 2. The summed E-state index contributed by atoms with van der Waals surface area (Å²) in [6, 6.07) is 7.24. The molecule has 31 heavy (non-hydrogen) atoms. The third-order valence-electron chi connectivity index (χ3n) is 5.78. The smallest absolute Gasteiger partial charge is 0.270 e. The van der Waals surface area contributed by atoms with Crippen molar-refractivity contribution in [3.63, 3.8) is 0 Å². The molecule has 162 valence electrons.